The van der Waals surface area contributed by atoms with Crippen LogP contribution in [0.1, 0.15) is 0 Å². The molecule has 0 aliphatic rings. The lowest BCUT2D eigenvalue weighted by Gasteiger charge is -2.22. The van der Waals surface area contributed by atoms with Gasteiger partial charge in [-0.2, -0.15) is 13.2 Å². The molecule has 0 aliphatic carbocycles. The van der Waals surface area contributed by atoms with E-state index in [4.69, 9.17) is 16.7 Å². The monoisotopic (exact) mass is 342 g/mol. The Balaban J connectivity index is 2.66. The fourth-order valence-electron chi connectivity index (χ4n) is 1.41. The van der Waals surface area contributed by atoms with Crippen LogP contribution in [0.3, 0.4) is 0 Å². The van der Waals surface area contributed by atoms with Crippen molar-refractivity contribution in [1.29, 1.82) is 0 Å². The highest BCUT2D eigenvalue weighted by Gasteiger charge is 2.39. The molecule has 0 fully saturated rings. The van der Waals surface area contributed by atoms with E-state index in [1.165, 1.54) is 17.8 Å². The zero-order valence-corrected chi connectivity index (χ0v) is 12.8. The lowest BCUT2D eigenvalue weighted by molar-refractivity contribution is -0.205. The molecule has 1 rings (SSSR count). The summed E-state index contributed by atoms with van der Waals surface area (Å²) in [5.74, 6) is 0. The molecule has 0 saturated carbocycles. The van der Waals surface area contributed by atoms with Gasteiger partial charge in [0.2, 0.25) is 0 Å². The second-order valence-electron chi connectivity index (χ2n) is 4.22. The maximum atomic E-state index is 12.2. The van der Waals surface area contributed by atoms with Crippen molar-refractivity contribution >= 4 is 35.1 Å². The van der Waals surface area contributed by atoms with Crippen molar-refractivity contribution in [1.82, 2.24) is 4.90 Å². The Hall–Kier alpha value is -1.12. The van der Waals surface area contributed by atoms with Crippen LogP contribution >= 0.6 is 23.4 Å². The number of thioether (sulfide) groups is 1. The summed E-state index contributed by atoms with van der Waals surface area (Å²) in [7, 11) is 1.15. The minimum Gasteiger partial charge on any atom is -0.382 e. The minimum atomic E-state index is -4.77. The van der Waals surface area contributed by atoms with Gasteiger partial charge in [-0.1, -0.05) is 11.6 Å². The number of anilines is 1. The van der Waals surface area contributed by atoms with Crippen molar-refractivity contribution in [2.45, 2.75) is 17.2 Å². The molecule has 4 nitrogen and oxygen atoms in total. The number of hydrogen-bond acceptors (Lipinski definition) is 3. The number of carbonyl (C=O) groups excluding carboxylic acids is 1. The van der Waals surface area contributed by atoms with Gasteiger partial charge < -0.3 is 15.3 Å². The highest BCUT2D eigenvalue weighted by molar-refractivity contribution is 7.98. The van der Waals surface area contributed by atoms with Crippen LogP contribution in [0.4, 0.5) is 23.7 Å². The number of hydrogen-bond donors (Lipinski definition) is 2. The van der Waals surface area contributed by atoms with Crippen molar-refractivity contribution in [3.63, 3.8) is 0 Å². The maximum absolute atomic E-state index is 12.2. The van der Waals surface area contributed by atoms with Gasteiger partial charge in [0.25, 0.3) is 0 Å². The largest absolute Gasteiger partial charge is 0.416 e. The van der Waals surface area contributed by atoms with E-state index in [1.54, 1.807) is 12.1 Å². The SMILES string of the molecule is CSc1ccc(NC(=O)N(C)C[C@@H](O)C(F)(F)F)cc1Cl. The minimum absolute atomic E-state index is 0.358. The van der Waals surface area contributed by atoms with Gasteiger partial charge in [-0.3, -0.25) is 0 Å². The van der Waals surface area contributed by atoms with Crippen LogP contribution in [0.25, 0.3) is 0 Å². The van der Waals surface area contributed by atoms with Crippen molar-refractivity contribution in [2.75, 3.05) is 25.2 Å². The predicted octanol–water partition coefficient (Wildman–Crippen LogP) is 3.45. The van der Waals surface area contributed by atoms with E-state index >= 15 is 0 Å². The third-order valence-corrected chi connectivity index (χ3v) is 3.79. The van der Waals surface area contributed by atoms with E-state index < -0.39 is 24.9 Å². The molecule has 0 bridgehead atoms. The van der Waals surface area contributed by atoms with Crippen molar-refractivity contribution < 1.29 is 23.1 Å². The molecule has 0 heterocycles. The molecular formula is C12H14ClF3N2O2S. The molecule has 21 heavy (non-hydrogen) atoms. The average molecular weight is 343 g/mol. The van der Waals surface area contributed by atoms with E-state index in [9.17, 15) is 18.0 Å². The molecule has 1 atom stereocenters. The van der Waals surface area contributed by atoms with Crippen LogP contribution < -0.4 is 5.32 Å². The number of amides is 2. The van der Waals surface area contributed by atoms with Crippen molar-refractivity contribution in [2.24, 2.45) is 0 Å². The van der Waals surface area contributed by atoms with E-state index in [-0.39, 0.29) is 0 Å². The topological polar surface area (TPSA) is 52.6 Å². The number of aliphatic hydroxyl groups excluding tert-OH is 1. The summed E-state index contributed by atoms with van der Waals surface area (Å²) in [5, 5.41) is 11.7. The second-order valence-corrected chi connectivity index (χ2v) is 5.47. The Kier molecular flexibility index (Phi) is 6.18. The lowest BCUT2D eigenvalue weighted by atomic mass is 10.3. The summed E-state index contributed by atoms with van der Waals surface area (Å²) in [6.45, 7) is -0.855. The average Bonchev–Trinajstić information content (AvgIpc) is 2.37. The number of nitrogens with zero attached hydrogens (tertiary/aromatic N) is 1. The van der Waals surface area contributed by atoms with Gasteiger partial charge in [0.15, 0.2) is 6.10 Å². The van der Waals surface area contributed by atoms with Gasteiger partial charge in [0.05, 0.1) is 11.6 Å². The van der Waals surface area contributed by atoms with E-state index in [0.29, 0.717) is 10.7 Å². The molecular weight excluding hydrogens is 329 g/mol. The summed E-state index contributed by atoms with van der Waals surface area (Å²) in [5.41, 5.74) is 0.358. The molecule has 118 valence electrons. The number of rotatable bonds is 4. The molecule has 0 spiro atoms. The van der Waals surface area contributed by atoms with Crippen molar-refractivity contribution in [3.05, 3.63) is 23.2 Å². The molecule has 0 aromatic heterocycles. The third-order valence-electron chi connectivity index (χ3n) is 2.57. The summed E-state index contributed by atoms with van der Waals surface area (Å²) in [6.07, 6.45) is -5.51. The maximum Gasteiger partial charge on any atom is 0.416 e. The van der Waals surface area contributed by atoms with Crippen LogP contribution in [-0.4, -0.2) is 48.2 Å². The number of benzene rings is 1. The second kappa shape index (κ2) is 7.24. The molecule has 2 amide bonds. The number of likely N-dealkylation sites (N-methyl/N-ethyl adjacent to an activating group) is 1. The number of alkyl halides is 3. The zero-order chi connectivity index (χ0) is 16.2. The van der Waals surface area contributed by atoms with Gasteiger partial charge >= 0.3 is 12.2 Å². The quantitative estimate of drug-likeness (QED) is 0.824. The number of carbonyl (C=O) groups is 1. The van der Waals surface area contributed by atoms with E-state index in [2.05, 4.69) is 5.32 Å². The van der Waals surface area contributed by atoms with E-state index in [1.807, 2.05) is 6.26 Å². The first-order valence-corrected chi connectivity index (χ1v) is 7.36. The van der Waals surface area contributed by atoms with Crippen molar-refractivity contribution in [3.8, 4) is 0 Å². The van der Waals surface area contributed by atoms with Gasteiger partial charge in [0.1, 0.15) is 0 Å². The number of halogens is 4. The molecule has 0 aliphatic heterocycles. The molecule has 0 saturated heterocycles. The Morgan fingerprint density at radius 2 is 2.14 bits per heavy atom. The molecule has 1 aromatic carbocycles. The standard InChI is InChI=1S/C12H14ClF3N2O2S/c1-18(6-10(19)12(14,15)16)11(20)17-7-3-4-9(21-2)8(13)5-7/h3-5,10,19H,6H2,1-2H3,(H,17,20)/t10-/m1/s1. The smallest absolute Gasteiger partial charge is 0.382 e. The summed E-state index contributed by atoms with van der Waals surface area (Å²) < 4.78 is 36.6. The Morgan fingerprint density at radius 3 is 2.62 bits per heavy atom. The summed E-state index contributed by atoms with van der Waals surface area (Å²) >= 11 is 7.39. The lowest BCUT2D eigenvalue weighted by Crippen LogP contribution is -2.43. The molecule has 9 heteroatoms. The van der Waals surface area contributed by atoms with Crippen LogP contribution in [0, 0.1) is 0 Å². The van der Waals surface area contributed by atoms with Gasteiger partial charge in [-0.15, -0.1) is 11.8 Å². The number of urea groups is 1. The third kappa shape index (κ3) is 5.29. The fraction of sp³-hybridized carbons (Fsp3) is 0.417. The highest BCUT2D eigenvalue weighted by Crippen LogP contribution is 2.28. The molecule has 0 unspecified atom stereocenters. The fourth-order valence-corrected chi connectivity index (χ4v) is 2.28. The number of aliphatic hydroxyl groups is 1. The Bertz CT molecular complexity index is 514. The summed E-state index contributed by atoms with van der Waals surface area (Å²) in [4.78, 5) is 13.3. The van der Waals surface area contributed by atoms with Crippen LogP contribution in [0.2, 0.25) is 5.02 Å². The molecule has 1 aromatic rings. The van der Waals surface area contributed by atoms with Crippen LogP contribution in [0.5, 0.6) is 0 Å². The highest BCUT2D eigenvalue weighted by atomic mass is 35.5. The Morgan fingerprint density at radius 1 is 1.52 bits per heavy atom. The summed E-state index contributed by atoms with van der Waals surface area (Å²) in [6, 6.07) is 4.00. The van der Waals surface area contributed by atoms with E-state index in [0.717, 1.165) is 16.8 Å². The van der Waals surface area contributed by atoms with Gasteiger partial charge in [0, 0.05) is 17.6 Å². The van der Waals surface area contributed by atoms with Crippen LogP contribution in [-0.2, 0) is 0 Å². The first-order valence-electron chi connectivity index (χ1n) is 5.75. The molecule has 0 radical (unpaired) electrons. The normalized spacial score (nSPS) is 12.9. The first kappa shape index (κ1) is 17.9. The van der Waals surface area contributed by atoms with Gasteiger partial charge in [-0.25, -0.2) is 4.79 Å². The zero-order valence-electron chi connectivity index (χ0n) is 11.2. The number of nitrogens with one attached hydrogen (secondary N) is 1. The Labute approximate surface area is 129 Å². The first-order chi connectivity index (χ1) is 9.65. The van der Waals surface area contributed by atoms with Gasteiger partial charge in [-0.05, 0) is 24.5 Å². The molecule has 2 N–H and O–H groups in total. The predicted molar refractivity (Wildman–Crippen MR) is 76.9 cm³/mol. The van der Waals surface area contributed by atoms with Crippen LogP contribution in [0.15, 0.2) is 23.1 Å².